The number of halogens is 4. The number of alkyl halides is 3. The molecule has 0 fully saturated rings. The smallest absolute Gasteiger partial charge is 0.417 e. The third-order valence-electron chi connectivity index (χ3n) is 3.32. The standard InChI is InChI=1S/C19H17ClF3NO5/c1-18(2,27)10-28-13-5-3-11(4-6-16(25)26)15(8-13)29-17-14(20)7-12(9-24-17)19(21,22)23/h3-9,27H,10H2,1-2H3,(H,25,26)/b6-4+. The monoisotopic (exact) mass is 431 g/mol. The minimum atomic E-state index is -4.62. The Hall–Kier alpha value is -2.78. The SMILES string of the molecule is CC(C)(O)COc1ccc(/C=C/C(=O)O)c(Oc2ncc(C(F)(F)F)cc2Cl)c1. The fourth-order valence-corrected chi connectivity index (χ4v) is 2.22. The number of carbonyl (C=O) groups is 1. The van der Waals surface area contributed by atoms with E-state index < -0.39 is 23.3 Å². The molecule has 0 aliphatic carbocycles. The second kappa shape index (κ2) is 8.71. The van der Waals surface area contributed by atoms with Crippen LogP contribution in [0.15, 0.2) is 36.5 Å². The number of aliphatic carboxylic acids is 1. The fourth-order valence-electron chi connectivity index (χ4n) is 2.01. The summed E-state index contributed by atoms with van der Waals surface area (Å²) in [6, 6.07) is 5.04. The van der Waals surface area contributed by atoms with Gasteiger partial charge in [-0.3, -0.25) is 0 Å². The molecule has 0 aliphatic heterocycles. The molecule has 0 bridgehead atoms. The van der Waals surface area contributed by atoms with Gasteiger partial charge in [0, 0.05) is 23.9 Å². The van der Waals surface area contributed by atoms with Gasteiger partial charge < -0.3 is 19.7 Å². The zero-order chi connectivity index (χ0) is 21.8. The summed E-state index contributed by atoms with van der Waals surface area (Å²) in [5.74, 6) is -1.18. The summed E-state index contributed by atoms with van der Waals surface area (Å²) in [6.45, 7) is 3.04. The third-order valence-corrected chi connectivity index (χ3v) is 3.59. The first kappa shape index (κ1) is 22.5. The van der Waals surface area contributed by atoms with Crippen molar-refractivity contribution in [1.29, 1.82) is 0 Å². The minimum absolute atomic E-state index is 0.0456. The van der Waals surface area contributed by atoms with Crippen LogP contribution in [0.4, 0.5) is 13.2 Å². The summed E-state index contributed by atoms with van der Waals surface area (Å²) in [7, 11) is 0. The molecular formula is C19H17ClF3NO5. The van der Waals surface area contributed by atoms with E-state index in [4.69, 9.17) is 26.2 Å². The number of aromatic nitrogens is 1. The normalized spacial score (nSPS) is 12.2. The molecule has 1 aromatic heterocycles. The Kier molecular flexibility index (Phi) is 6.76. The first-order valence-corrected chi connectivity index (χ1v) is 8.54. The summed E-state index contributed by atoms with van der Waals surface area (Å²) in [5, 5.41) is 18.2. The minimum Gasteiger partial charge on any atom is -0.490 e. The van der Waals surface area contributed by atoms with Crippen molar-refractivity contribution in [2.75, 3.05) is 6.61 Å². The lowest BCUT2D eigenvalue weighted by atomic mass is 10.1. The predicted molar refractivity (Wildman–Crippen MR) is 99.2 cm³/mol. The molecule has 156 valence electrons. The summed E-state index contributed by atoms with van der Waals surface area (Å²) in [5.41, 5.74) is -1.86. The van der Waals surface area contributed by atoms with Crippen molar-refractivity contribution in [2.24, 2.45) is 0 Å². The number of nitrogens with zero attached hydrogens (tertiary/aromatic N) is 1. The van der Waals surface area contributed by atoms with Crippen molar-refractivity contribution in [3.63, 3.8) is 0 Å². The molecule has 0 spiro atoms. The number of hydrogen-bond donors (Lipinski definition) is 2. The first-order chi connectivity index (χ1) is 13.3. The molecule has 1 aromatic carbocycles. The molecule has 0 aliphatic rings. The Morgan fingerprint density at radius 1 is 1.28 bits per heavy atom. The van der Waals surface area contributed by atoms with Crippen LogP contribution in [0, 0.1) is 0 Å². The van der Waals surface area contributed by atoms with Crippen molar-refractivity contribution < 1.29 is 37.7 Å². The third kappa shape index (κ3) is 6.95. The highest BCUT2D eigenvalue weighted by molar-refractivity contribution is 6.31. The number of rotatable bonds is 7. The number of carboxylic acids is 1. The summed E-state index contributed by atoms with van der Waals surface area (Å²) in [6.07, 6.45) is -1.95. The van der Waals surface area contributed by atoms with E-state index in [0.29, 0.717) is 17.8 Å². The second-order valence-electron chi connectivity index (χ2n) is 6.58. The summed E-state index contributed by atoms with van der Waals surface area (Å²) < 4.78 is 49.2. The van der Waals surface area contributed by atoms with Gasteiger partial charge in [0.25, 0.3) is 0 Å². The highest BCUT2D eigenvalue weighted by Gasteiger charge is 2.32. The predicted octanol–water partition coefficient (Wildman–Crippen LogP) is 4.79. The zero-order valence-electron chi connectivity index (χ0n) is 15.3. The lowest BCUT2D eigenvalue weighted by Gasteiger charge is -2.18. The van der Waals surface area contributed by atoms with Gasteiger partial charge in [0.2, 0.25) is 5.88 Å². The van der Waals surface area contributed by atoms with Gasteiger partial charge in [0.1, 0.15) is 23.1 Å². The first-order valence-electron chi connectivity index (χ1n) is 8.16. The molecule has 0 atom stereocenters. The van der Waals surface area contributed by atoms with E-state index in [1.165, 1.54) is 24.3 Å². The van der Waals surface area contributed by atoms with Gasteiger partial charge in [-0.1, -0.05) is 11.6 Å². The molecule has 0 radical (unpaired) electrons. The van der Waals surface area contributed by atoms with Crippen LogP contribution in [0.5, 0.6) is 17.4 Å². The van der Waals surface area contributed by atoms with Gasteiger partial charge in [-0.25, -0.2) is 9.78 Å². The molecule has 2 N–H and O–H groups in total. The second-order valence-corrected chi connectivity index (χ2v) is 6.99. The molecular weight excluding hydrogens is 415 g/mol. The number of pyridine rings is 1. The van der Waals surface area contributed by atoms with Gasteiger partial charge >= 0.3 is 12.1 Å². The lowest BCUT2D eigenvalue weighted by Crippen LogP contribution is -2.27. The molecule has 6 nitrogen and oxygen atoms in total. The van der Waals surface area contributed by atoms with Gasteiger partial charge in [0.15, 0.2) is 0 Å². The maximum Gasteiger partial charge on any atom is 0.417 e. The molecule has 0 saturated carbocycles. The fraction of sp³-hybridized carbons (Fsp3) is 0.263. The molecule has 0 saturated heterocycles. The van der Waals surface area contributed by atoms with Gasteiger partial charge in [-0.15, -0.1) is 0 Å². The molecule has 2 rings (SSSR count). The number of ether oxygens (including phenoxy) is 2. The summed E-state index contributed by atoms with van der Waals surface area (Å²) in [4.78, 5) is 14.4. The van der Waals surface area contributed by atoms with Gasteiger partial charge in [0.05, 0.1) is 11.2 Å². The number of carboxylic acid groups (broad SMARTS) is 1. The molecule has 10 heteroatoms. The van der Waals surface area contributed by atoms with Crippen molar-refractivity contribution in [3.8, 4) is 17.4 Å². The van der Waals surface area contributed by atoms with Crippen LogP contribution in [-0.2, 0) is 11.0 Å². The quantitative estimate of drug-likeness (QED) is 0.612. The summed E-state index contributed by atoms with van der Waals surface area (Å²) >= 11 is 5.86. The highest BCUT2D eigenvalue weighted by Crippen LogP contribution is 2.36. The molecule has 0 amide bonds. The van der Waals surface area contributed by atoms with Crippen LogP contribution >= 0.6 is 11.6 Å². The zero-order valence-corrected chi connectivity index (χ0v) is 16.1. The molecule has 29 heavy (non-hydrogen) atoms. The van der Waals surface area contributed by atoms with E-state index in [1.807, 2.05) is 0 Å². The van der Waals surface area contributed by atoms with Crippen LogP contribution in [0.2, 0.25) is 5.02 Å². The van der Waals surface area contributed by atoms with Crippen LogP contribution in [0.25, 0.3) is 6.08 Å². The van der Waals surface area contributed by atoms with E-state index >= 15 is 0 Å². The Morgan fingerprint density at radius 3 is 2.52 bits per heavy atom. The average molecular weight is 432 g/mol. The van der Waals surface area contributed by atoms with Crippen molar-refractivity contribution >= 4 is 23.6 Å². The van der Waals surface area contributed by atoms with Crippen LogP contribution in [0.1, 0.15) is 25.0 Å². The van der Waals surface area contributed by atoms with Crippen LogP contribution in [0.3, 0.4) is 0 Å². The number of hydrogen-bond acceptors (Lipinski definition) is 5. The van der Waals surface area contributed by atoms with E-state index in [2.05, 4.69) is 4.98 Å². The van der Waals surface area contributed by atoms with E-state index in [9.17, 15) is 23.1 Å². The Labute approximate surface area is 169 Å². The maximum absolute atomic E-state index is 12.8. The van der Waals surface area contributed by atoms with Crippen molar-refractivity contribution in [3.05, 3.63) is 52.7 Å². The molecule has 0 unspecified atom stereocenters. The Morgan fingerprint density at radius 2 is 1.97 bits per heavy atom. The van der Waals surface area contributed by atoms with E-state index in [1.54, 1.807) is 13.8 Å². The highest BCUT2D eigenvalue weighted by atomic mass is 35.5. The maximum atomic E-state index is 12.8. The molecule has 2 aromatic rings. The van der Waals surface area contributed by atoms with E-state index in [0.717, 1.165) is 6.08 Å². The molecule has 1 heterocycles. The topological polar surface area (TPSA) is 88.9 Å². The number of aliphatic hydroxyl groups is 1. The van der Waals surface area contributed by atoms with E-state index in [-0.39, 0.29) is 29.0 Å². The largest absolute Gasteiger partial charge is 0.490 e. The van der Waals surface area contributed by atoms with Gasteiger partial charge in [-0.2, -0.15) is 13.2 Å². The number of benzene rings is 1. The van der Waals surface area contributed by atoms with Crippen LogP contribution in [-0.4, -0.2) is 33.4 Å². The lowest BCUT2D eigenvalue weighted by molar-refractivity contribution is -0.138. The Bertz CT molecular complexity index is 923. The van der Waals surface area contributed by atoms with Crippen molar-refractivity contribution in [2.45, 2.75) is 25.6 Å². The van der Waals surface area contributed by atoms with Crippen LogP contribution < -0.4 is 9.47 Å². The van der Waals surface area contributed by atoms with Crippen molar-refractivity contribution in [1.82, 2.24) is 4.98 Å². The average Bonchev–Trinajstić information content (AvgIpc) is 2.59. The van der Waals surface area contributed by atoms with Gasteiger partial charge in [-0.05, 0) is 38.1 Å². The Balaban J connectivity index is 2.38.